The van der Waals surface area contributed by atoms with E-state index in [2.05, 4.69) is 19.8 Å². The van der Waals surface area contributed by atoms with Crippen molar-refractivity contribution in [3.05, 3.63) is 30.0 Å². The fourth-order valence-corrected chi connectivity index (χ4v) is 2.31. The van der Waals surface area contributed by atoms with E-state index in [1.54, 1.807) is 18.2 Å². The molecule has 1 unspecified atom stereocenters. The Kier molecular flexibility index (Phi) is 5.99. The summed E-state index contributed by atoms with van der Waals surface area (Å²) in [6, 6.07) is 5.92. The van der Waals surface area contributed by atoms with Crippen molar-refractivity contribution >= 4 is 28.7 Å². The average Bonchev–Trinajstić information content (AvgIpc) is 3.04. The van der Waals surface area contributed by atoms with Crippen molar-refractivity contribution in [3.63, 3.8) is 0 Å². The minimum Gasteiger partial charge on any atom is -0.494 e. The molecule has 25 heavy (non-hydrogen) atoms. The molecule has 0 saturated carbocycles. The minimum atomic E-state index is -1.13. The number of aromatic nitrogens is 1. The summed E-state index contributed by atoms with van der Waals surface area (Å²) < 4.78 is 14.6. The van der Waals surface area contributed by atoms with E-state index in [1.165, 1.54) is 14.2 Å². The zero-order valence-corrected chi connectivity index (χ0v) is 14.3. The van der Waals surface area contributed by atoms with E-state index in [1.807, 2.05) is 13.0 Å². The second-order valence-electron chi connectivity index (χ2n) is 5.19. The molecule has 8 nitrogen and oxygen atoms in total. The number of aromatic amines is 1. The standard InChI is InChI=1S/C17H20N2O6/c1-4-25-11-6-5-10-7-13(18-12(10)8-11)16(21)19-14(17(22)24-3)9-15(20)23-2/h5-8,14,18H,4,9H2,1-3H3,(H,19,21). The van der Waals surface area contributed by atoms with Gasteiger partial charge in [0.15, 0.2) is 0 Å². The van der Waals surface area contributed by atoms with Gasteiger partial charge in [-0.2, -0.15) is 0 Å². The second kappa shape index (κ2) is 8.18. The van der Waals surface area contributed by atoms with Crippen LogP contribution in [-0.4, -0.2) is 49.7 Å². The van der Waals surface area contributed by atoms with Crippen molar-refractivity contribution in [2.45, 2.75) is 19.4 Å². The molecule has 0 radical (unpaired) electrons. The van der Waals surface area contributed by atoms with Gasteiger partial charge >= 0.3 is 11.9 Å². The number of esters is 2. The lowest BCUT2D eigenvalue weighted by atomic mass is 10.2. The normalized spacial score (nSPS) is 11.6. The zero-order chi connectivity index (χ0) is 18.4. The number of carbonyl (C=O) groups is 3. The first-order valence-electron chi connectivity index (χ1n) is 7.69. The third kappa shape index (κ3) is 4.50. The third-order valence-electron chi connectivity index (χ3n) is 3.54. The Bertz CT molecular complexity index is 783. The summed E-state index contributed by atoms with van der Waals surface area (Å²) in [6.45, 7) is 2.42. The highest BCUT2D eigenvalue weighted by molar-refractivity contribution is 6.00. The summed E-state index contributed by atoms with van der Waals surface area (Å²) in [5, 5.41) is 3.29. The Morgan fingerprint density at radius 1 is 1.16 bits per heavy atom. The molecule has 134 valence electrons. The summed E-state index contributed by atoms with van der Waals surface area (Å²) in [6.07, 6.45) is -0.316. The van der Waals surface area contributed by atoms with Gasteiger partial charge in [-0.25, -0.2) is 4.79 Å². The summed E-state index contributed by atoms with van der Waals surface area (Å²) in [7, 11) is 2.38. The zero-order valence-electron chi connectivity index (χ0n) is 14.3. The molecule has 0 aliphatic rings. The van der Waals surface area contributed by atoms with Gasteiger partial charge in [0.05, 0.1) is 27.2 Å². The first kappa shape index (κ1) is 18.3. The molecule has 0 saturated heterocycles. The molecule has 2 N–H and O–H groups in total. The van der Waals surface area contributed by atoms with Gasteiger partial charge in [-0.3, -0.25) is 9.59 Å². The van der Waals surface area contributed by atoms with Crippen molar-refractivity contribution in [3.8, 4) is 5.75 Å². The first-order valence-corrected chi connectivity index (χ1v) is 7.69. The highest BCUT2D eigenvalue weighted by Crippen LogP contribution is 2.21. The summed E-state index contributed by atoms with van der Waals surface area (Å²) in [4.78, 5) is 38.5. The van der Waals surface area contributed by atoms with Gasteiger partial charge < -0.3 is 24.5 Å². The Balaban J connectivity index is 2.18. The maximum atomic E-state index is 12.4. The molecule has 1 aromatic heterocycles. The molecule has 0 aliphatic carbocycles. The van der Waals surface area contributed by atoms with Crippen LogP contribution in [0.3, 0.4) is 0 Å². The van der Waals surface area contributed by atoms with Crippen molar-refractivity contribution in [1.29, 1.82) is 0 Å². The third-order valence-corrected chi connectivity index (χ3v) is 3.54. The molecule has 8 heteroatoms. The van der Waals surface area contributed by atoms with Crippen molar-refractivity contribution in [2.24, 2.45) is 0 Å². The molecule has 1 aromatic carbocycles. The van der Waals surface area contributed by atoms with Gasteiger partial charge in [0.1, 0.15) is 17.5 Å². The van der Waals surface area contributed by atoms with Crippen LogP contribution >= 0.6 is 0 Å². The van der Waals surface area contributed by atoms with Gasteiger partial charge in [0.2, 0.25) is 0 Å². The van der Waals surface area contributed by atoms with Gasteiger partial charge in [-0.05, 0) is 25.1 Å². The second-order valence-corrected chi connectivity index (χ2v) is 5.19. The number of ether oxygens (including phenoxy) is 3. The fraction of sp³-hybridized carbons (Fsp3) is 0.353. The number of carbonyl (C=O) groups excluding carboxylic acids is 3. The van der Waals surface area contributed by atoms with Crippen LogP contribution in [0.1, 0.15) is 23.8 Å². The number of amides is 1. The maximum absolute atomic E-state index is 12.4. The number of hydrogen-bond donors (Lipinski definition) is 2. The van der Waals surface area contributed by atoms with Crippen molar-refractivity contribution in [1.82, 2.24) is 10.3 Å². The SMILES string of the molecule is CCOc1ccc2cc(C(=O)NC(CC(=O)OC)C(=O)OC)[nH]c2c1. The quantitative estimate of drug-likeness (QED) is 0.733. The lowest BCUT2D eigenvalue weighted by Crippen LogP contribution is -2.43. The van der Waals surface area contributed by atoms with E-state index in [4.69, 9.17) is 4.74 Å². The number of fused-ring (bicyclic) bond motifs is 1. The number of benzene rings is 1. The van der Waals surface area contributed by atoms with E-state index in [9.17, 15) is 14.4 Å². The first-order chi connectivity index (χ1) is 12.0. The van der Waals surface area contributed by atoms with E-state index in [0.717, 1.165) is 10.9 Å². The monoisotopic (exact) mass is 348 g/mol. The predicted octanol–water partition coefficient (Wildman–Crippen LogP) is 1.40. The van der Waals surface area contributed by atoms with Crippen LogP contribution in [0.15, 0.2) is 24.3 Å². The maximum Gasteiger partial charge on any atom is 0.328 e. The van der Waals surface area contributed by atoms with Crippen LogP contribution < -0.4 is 10.1 Å². The Morgan fingerprint density at radius 2 is 1.92 bits per heavy atom. The number of hydrogen-bond acceptors (Lipinski definition) is 6. The van der Waals surface area contributed by atoms with E-state index in [0.29, 0.717) is 12.4 Å². The molecular formula is C17H20N2O6. The topological polar surface area (TPSA) is 107 Å². The molecule has 2 aromatic rings. The van der Waals surface area contributed by atoms with Gasteiger partial charge in [0, 0.05) is 17.0 Å². The van der Waals surface area contributed by atoms with E-state index >= 15 is 0 Å². The fourth-order valence-electron chi connectivity index (χ4n) is 2.31. The summed E-state index contributed by atoms with van der Waals surface area (Å²) >= 11 is 0. The van der Waals surface area contributed by atoms with Crippen molar-refractivity contribution in [2.75, 3.05) is 20.8 Å². The molecule has 0 spiro atoms. The lowest BCUT2D eigenvalue weighted by Gasteiger charge is -2.14. The molecule has 0 bridgehead atoms. The molecular weight excluding hydrogens is 328 g/mol. The summed E-state index contributed by atoms with van der Waals surface area (Å²) in [5.41, 5.74) is 0.973. The Hall–Kier alpha value is -3.03. The van der Waals surface area contributed by atoms with Crippen LogP contribution in [0.25, 0.3) is 10.9 Å². The van der Waals surface area contributed by atoms with Crippen LogP contribution in [0.5, 0.6) is 5.75 Å². The van der Waals surface area contributed by atoms with E-state index in [-0.39, 0.29) is 12.1 Å². The molecule has 1 atom stereocenters. The molecule has 2 rings (SSSR count). The van der Waals surface area contributed by atoms with Crippen molar-refractivity contribution < 1.29 is 28.6 Å². The highest BCUT2D eigenvalue weighted by atomic mass is 16.5. The lowest BCUT2D eigenvalue weighted by molar-refractivity contribution is -0.149. The average molecular weight is 348 g/mol. The summed E-state index contributed by atoms with van der Waals surface area (Å²) in [5.74, 6) is -1.21. The molecule has 1 amide bonds. The highest BCUT2D eigenvalue weighted by Gasteiger charge is 2.26. The minimum absolute atomic E-state index is 0.252. The smallest absolute Gasteiger partial charge is 0.328 e. The Morgan fingerprint density at radius 3 is 2.56 bits per heavy atom. The van der Waals surface area contributed by atoms with E-state index < -0.39 is 23.9 Å². The number of rotatable bonds is 7. The largest absolute Gasteiger partial charge is 0.494 e. The van der Waals surface area contributed by atoms with Crippen LogP contribution in [0, 0.1) is 0 Å². The number of nitrogens with one attached hydrogen (secondary N) is 2. The Labute approximate surface area is 144 Å². The van der Waals surface area contributed by atoms with Crippen LogP contribution in [0.2, 0.25) is 0 Å². The molecule has 0 aliphatic heterocycles. The van der Waals surface area contributed by atoms with Crippen LogP contribution in [0.4, 0.5) is 0 Å². The predicted molar refractivity (Wildman–Crippen MR) is 89.4 cm³/mol. The number of methoxy groups -OCH3 is 2. The number of H-pyrrole nitrogens is 1. The molecule has 0 fully saturated rings. The van der Waals surface area contributed by atoms with Gasteiger partial charge in [-0.15, -0.1) is 0 Å². The van der Waals surface area contributed by atoms with Gasteiger partial charge in [0.25, 0.3) is 5.91 Å². The van der Waals surface area contributed by atoms with Crippen LogP contribution in [-0.2, 0) is 19.1 Å². The van der Waals surface area contributed by atoms with Gasteiger partial charge in [-0.1, -0.05) is 0 Å². The molecule has 1 heterocycles.